The van der Waals surface area contributed by atoms with E-state index in [4.69, 9.17) is 16.3 Å². The minimum Gasteiger partial charge on any atom is -0.487 e. The molecule has 1 aliphatic rings. The molecule has 116 valence electrons. The predicted molar refractivity (Wildman–Crippen MR) is 81.9 cm³/mol. The molecule has 1 fully saturated rings. The number of pyridine rings is 1. The second-order valence-electron chi connectivity index (χ2n) is 5.09. The van der Waals surface area contributed by atoms with E-state index in [1.165, 1.54) is 6.33 Å². The lowest BCUT2D eigenvalue weighted by molar-refractivity contribution is 0.225. The molecule has 5 nitrogen and oxygen atoms in total. The molecule has 1 atom stereocenters. The molecular formula is C15H16ClFN4O. The third-order valence-corrected chi connectivity index (χ3v) is 3.94. The van der Waals surface area contributed by atoms with E-state index in [0.29, 0.717) is 41.8 Å². The van der Waals surface area contributed by atoms with Crippen molar-refractivity contribution in [2.45, 2.75) is 25.9 Å². The third-order valence-electron chi connectivity index (χ3n) is 3.65. The van der Waals surface area contributed by atoms with E-state index in [-0.39, 0.29) is 11.9 Å². The van der Waals surface area contributed by atoms with Crippen molar-refractivity contribution < 1.29 is 9.13 Å². The van der Waals surface area contributed by atoms with Crippen molar-refractivity contribution in [1.82, 2.24) is 15.0 Å². The largest absolute Gasteiger partial charge is 0.487 e. The monoisotopic (exact) mass is 322 g/mol. The first-order valence-corrected chi connectivity index (χ1v) is 7.57. The second kappa shape index (κ2) is 6.44. The highest BCUT2D eigenvalue weighted by molar-refractivity contribution is 6.31. The zero-order chi connectivity index (χ0) is 15.5. The van der Waals surface area contributed by atoms with Gasteiger partial charge in [0.25, 0.3) is 0 Å². The van der Waals surface area contributed by atoms with Crippen LogP contribution >= 0.6 is 11.6 Å². The number of aromatic nitrogens is 3. The van der Waals surface area contributed by atoms with Crippen LogP contribution in [0.2, 0.25) is 5.02 Å². The van der Waals surface area contributed by atoms with Crippen molar-refractivity contribution >= 4 is 17.4 Å². The fraction of sp³-hybridized carbons (Fsp3) is 0.400. The number of hydrogen-bond acceptors (Lipinski definition) is 5. The van der Waals surface area contributed by atoms with Crippen LogP contribution in [0.5, 0.6) is 5.75 Å². The van der Waals surface area contributed by atoms with E-state index in [1.807, 2.05) is 11.8 Å². The molecular weight excluding hydrogens is 307 g/mol. The van der Waals surface area contributed by atoms with Crippen LogP contribution in [0.25, 0.3) is 0 Å². The number of hydrogen-bond donors (Lipinski definition) is 0. The number of aryl methyl sites for hydroxylation is 1. The minimum atomic E-state index is -0.340. The maximum Gasteiger partial charge on any atom is 0.187 e. The van der Waals surface area contributed by atoms with Crippen molar-refractivity contribution in [2.24, 2.45) is 0 Å². The fourth-order valence-electron chi connectivity index (χ4n) is 2.52. The standard InChI is InChI=1S/C15H16ClFN4O/c1-2-12-14(17)15(20-9-19-12)21-6-4-10(8-21)22-13-3-5-18-7-11(13)16/h3,5,7,9-10H,2,4,6,8H2,1H3. The zero-order valence-corrected chi connectivity index (χ0v) is 12.9. The molecule has 0 amide bonds. The third kappa shape index (κ3) is 2.97. The first kappa shape index (κ1) is 15.0. The Bertz CT molecular complexity index is 670. The van der Waals surface area contributed by atoms with Gasteiger partial charge in [-0.05, 0) is 6.42 Å². The van der Waals surface area contributed by atoms with Gasteiger partial charge in [-0.15, -0.1) is 0 Å². The van der Waals surface area contributed by atoms with Gasteiger partial charge < -0.3 is 9.64 Å². The summed E-state index contributed by atoms with van der Waals surface area (Å²) in [5.74, 6) is 0.604. The van der Waals surface area contributed by atoms with Crippen LogP contribution in [0.4, 0.5) is 10.2 Å². The molecule has 1 aliphatic heterocycles. The molecule has 3 rings (SSSR count). The Labute approximate surface area is 133 Å². The molecule has 0 saturated carbocycles. The molecule has 0 radical (unpaired) electrons. The lowest BCUT2D eigenvalue weighted by Crippen LogP contribution is -2.26. The van der Waals surface area contributed by atoms with Crippen LogP contribution in [0.3, 0.4) is 0 Å². The number of nitrogens with zero attached hydrogens (tertiary/aromatic N) is 4. The molecule has 2 aromatic heterocycles. The quantitative estimate of drug-likeness (QED) is 0.866. The number of rotatable bonds is 4. The first-order valence-electron chi connectivity index (χ1n) is 7.19. The van der Waals surface area contributed by atoms with Crippen LogP contribution < -0.4 is 9.64 Å². The van der Waals surface area contributed by atoms with Crippen molar-refractivity contribution in [3.8, 4) is 5.75 Å². The smallest absolute Gasteiger partial charge is 0.187 e. The zero-order valence-electron chi connectivity index (χ0n) is 12.2. The van der Waals surface area contributed by atoms with Gasteiger partial charge in [0, 0.05) is 31.4 Å². The number of ether oxygens (including phenoxy) is 1. The summed E-state index contributed by atoms with van der Waals surface area (Å²) in [7, 11) is 0. The van der Waals surface area contributed by atoms with Gasteiger partial charge in [0.05, 0.1) is 12.2 Å². The minimum absolute atomic E-state index is 0.0562. The molecule has 1 unspecified atom stereocenters. The van der Waals surface area contributed by atoms with Gasteiger partial charge in [0.1, 0.15) is 23.2 Å². The van der Waals surface area contributed by atoms with E-state index in [2.05, 4.69) is 15.0 Å². The summed E-state index contributed by atoms with van der Waals surface area (Å²) in [5.41, 5.74) is 0.437. The summed E-state index contributed by atoms with van der Waals surface area (Å²) in [6.45, 7) is 3.12. The Morgan fingerprint density at radius 2 is 2.32 bits per heavy atom. The molecule has 7 heteroatoms. The van der Waals surface area contributed by atoms with Gasteiger partial charge in [0.2, 0.25) is 0 Å². The maximum absolute atomic E-state index is 14.3. The topological polar surface area (TPSA) is 51.1 Å². The van der Waals surface area contributed by atoms with Crippen LogP contribution in [0, 0.1) is 5.82 Å². The van der Waals surface area contributed by atoms with Gasteiger partial charge in [-0.25, -0.2) is 14.4 Å². The van der Waals surface area contributed by atoms with E-state index in [1.54, 1.807) is 18.5 Å². The highest BCUT2D eigenvalue weighted by atomic mass is 35.5. The highest BCUT2D eigenvalue weighted by Gasteiger charge is 2.28. The Kier molecular flexibility index (Phi) is 4.38. The fourth-order valence-corrected chi connectivity index (χ4v) is 2.68. The molecule has 22 heavy (non-hydrogen) atoms. The summed E-state index contributed by atoms with van der Waals surface area (Å²) in [6.07, 6.45) is 5.85. The normalized spacial score (nSPS) is 17.8. The highest BCUT2D eigenvalue weighted by Crippen LogP contribution is 2.28. The second-order valence-corrected chi connectivity index (χ2v) is 5.50. The Balaban J connectivity index is 1.72. The summed E-state index contributed by atoms with van der Waals surface area (Å²) in [6, 6.07) is 1.73. The van der Waals surface area contributed by atoms with E-state index >= 15 is 0 Å². The van der Waals surface area contributed by atoms with Gasteiger partial charge in [-0.1, -0.05) is 18.5 Å². The molecule has 0 aromatic carbocycles. The summed E-state index contributed by atoms with van der Waals surface area (Å²) < 4.78 is 20.2. The Morgan fingerprint density at radius 1 is 1.45 bits per heavy atom. The van der Waals surface area contributed by atoms with Crippen LogP contribution in [-0.2, 0) is 6.42 Å². The average molecular weight is 323 g/mol. The van der Waals surface area contributed by atoms with Crippen molar-refractivity contribution in [3.63, 3.8) is 0 Å². The Morgan fingerprint density at radius 3 is 3.09 bits per heavy atom. The lowest BCUT2D eigenvalue weighted by Gasteiger charge is -2.19. The predicted octanol–water partition coefficient (Wildman–Crippen LogP) is 2.88. The molecule has 3 heterocycles. The van der Waals surface area contributed by atoms with Gasteiger partial charge in [-0.2, -0.15) is 0 Å². The summed E-state index contributed by atoms with van der Waals surface area (Å²) in [4.78, 5) is 13.8. The van der Waals surface area contributed by atoms with Crippen molar-refractivity contribution in [1.29, 1.82) is 0 Å². The van der Waals surface area contributed by atoms with E-state index < -0.39 is 0 Å². The molecule has 0 bridgehead atoms. The van der Waals surface area contributed by atoms with Crippen molar-refractivity contribution in [2.75, 3.05) is 18.0 Å². The van der Waals surface area contributed by atoms with Gasteiger partial charge in [-0.3, -0.25) is 4.98 Å². The maximum atomic E-state index is 14.3. The van der Waals surface area contributed by atoms with Crippen LogP contribution in [0.1, 0.15) is 19.0 Å². The lowest BCUT2D eigenvalue weighted by atomic mass is 10.3. The summed E-state index contributed by atoms with van der Waals surface area (Å²) >= 11 is 6.04. The molecule has 0 N–H and O–H groups in total. The van der Waals surface area contributed by atoms with Crippen LogP contribution in [0.15, 0.2) is 24.8 Å². The average Bonchev–Trinajstić information content (AvgIpc) is 2.98. The van der Waals surface area contributed by atoms with E-state index in [9.17, 15) is 4.39 Å². The first-order chi connectivity index (χ1) is 10.7. The van der Waals surface area contributed by atoms with Crippen molar-refractivity contribution in [3.05, 3.63) is 41.3 Å². The van der Waals surface area contributed by atoms with E-state index in [0.717, 1.165) is 6.42 Å². The molecule has 2 aromatic rings. The molecule has 0 aliphatic carbocycles. The molecule has 0 spiro atoms. The summed E-state index contributed by atoms with van der Waals surface area (Å²) in [5, 5.41) is 0.474. The van der Waals surface area contributed by atoms with Gasteiger partial charge in [0.15, 0.2) is 11.6 Å². The van der Waals surface area contributed by atoms with Crippen LogP contribution in [-0.4, -0.2) is 34.1 Å². The van der Waals surface area contributed by atoms with Gasteiger partial charge >= 0.3 is 0 Å². The number of anilines is 1. The SMILES string of the molecule is CCc1ncnc(N2CCC(Oc3ccncc3Cl)C2)c1F. The number of halogens is 2. The molecule has 1 saturated heterocycles. The Hall–Kier alpha value is -1.95.